The lowest BCUT2D eigenvalue weighted by atomic mass is 9.97. The van der Waals surface area contributed by atoms with Gasteiger partial charge in [-0.2, -0.15) is 0 Å². The standard InChI is InChI=1S/C12H28N2O2/c1-5-6-12(2,13)11-14(7-9-15-3)8-10-16-4/h5-11,13H2,1-4H3. The lowest BCUT2D eigenvalue weighted by Gasteiger charge is -2.32. The van der Waals surface area contributed by atoms with Crippen molar-refractivity contribution in [2.45, 2.75) is 32.2 Å². The van der Waals surface area contributed by atoms with E-state index in [4.69, 9.17) is 15.2 Å². The summed E-state index contributed by atoms with van der Waals surface area (Å²) in [6.45, 7) is 8.49. The van der Waals surface area contributed by atoms with Gasteiger partial charge in [0.1, 0.15) is 0 Å². The van der Waals surface area contributed by atoms with Gasteiger partial charge in [0.25, 0.3) is 0 Å². The van der Waals surface area contributed by atoms with Crippen LogP contribution >= 0.6 is 0 Å². The van der Waals surface area contributed by atoms with Crippen molar-refractivity contribution in [3.63, 3.8) is 0 Å². The Bertz CT molecular complexity index is 155. The number of rotatable bonds is 10. The maximum Gasteiger partial charge on any atom is 0.0589 e. The zero-order valence-electron chi connectivity index (χ0n) is 11.3. The average molecular weight is 232 g/mol. The lowest BCUT2D eigenvalue weighted by molar-refractivity contribution is 0.0993. The number of hydrogen-bond donors (Lipinski definition) is 1. The molecule has 0 aliphatic heterocycles. The van der Waals surface area contributed by atoms with Crippen LogP contribution in [0.3, 0.4) is 0 Å². The Hall–Kier alpha value is -0.160. The maximum atomic E-state index is 6.25. The molecule has 0 fully saturated rings. The monoisotopic (exact) mass is 232 g/mol. The van der Waals surface area contributed by atoms with Gasteiger partial charge in [0.2, 0.25) is 0 Å². The summed E-state index contributed by atoms with van der Waals surface area (Å²) in [6.07, 6.45) is 2.17. The molecule has 0 spiro atoms. The number of nitrogens with zero attached hydrogens (tertiary/aromatic N) is 1. The van der Waals surface area contributed by atoms with Crippen molar-refractivity contribution in [1.29, 1.82) is 0 Å². The fourth-order valence-corrected chi connectivity index (χ4v) is 1.87. The second-order valence-corrected chi connectivity index (χ2v) is 4.67. The minimum atomic E-state index is -0.115. The van der Waals surface area contributed by atoms with Gasteiger partial charge in [0.05, 0.1) is 13.2 Å². The predicted octanol–water partition coefficient (Wildman–Crippen LogP) is 1.10. The molecule has 98 valence electrons. The molecule has 16 heavy (non-hydrogen) atoms. The van der Waals surface area contributed by atoms with E-state index in [1.165, 1.54) is 0 Å². The zero-order valence-corrected chi connectivity index (χ0v) is 11.3. The van der Waals surface area contributed by atoms with Crippen LogP contribution in [0.15, 0.2) is 0 Å². The molecule has 0 aromatic carbocycles. The summed E-state index contributed by atoms with van der Waals surface area (Å²) < 4.78 is 10.2. The molecular formula is C12H28N2O2. The van der Waals surface area contributed by atoms with Gasteiger partial charge in [0.15, 0.2) is 0 Å². The third-order valence-corrected chi connectivity index (χ3v) is 2.63. The first-order valence-electron chi connectivity index (χ1n) is 6.05. The van der Waals surface area contributed by atoms with Crippen LogP contribution in [0.25, 0.3) is 0 Å². The number of nitrogens with two attached hydrogens (primary N) is 1. The van der Waals surface area contributed by atoms with Crippen molar-refractivity contribution in [2.24, 2.45) is 5.73 Å². The normalized spacial score (nSPS) is 15.4. The van der Waals surface area contributed by atoms with Crippen molar-refractivity contribution < 1.29 is 9.47 Å². The van der Waals surface area contributed by atoms with E-state index in [0.717, 1.165) is 45.7 Å². The molecule has 4 nitrogen and oxygen atoms in total. The fraction of sp³-hybridized carbons (Fsp3) is 1.00. The Morgan fingerprint density at radius 2 is 1.62 bits per heavy atom. The first-order valence-corrected chi connectivity index (χ1v) is 6.05. The molecule has 0 aromatic rings. The van der Waals surface area contributed by atoms with E-state index in [2.05, 4.69) is 18.7 Å². The minimum Gasteiger partial charge on any atom is -0.383 e. The smallest absolute Gasteiger partial charge is 0.0589 e. The average Bonchev–Trinajstić information content (AvgIpc) is 2.21. The van der Waals surface area contributed by atoms with Gasteiger partial charge < -0.3 is 15.2 Å². The highest BCUT2D eigenvalue weighted by molar-refractivity contribution is 4.82. The number of methoxy groups -OCH3 is 2. The van der Waals surface area contributed by atoms with Gasteiger partial charge >= 0.3 is 0 Å². The molecule has 2 N–H and O–H groups in total. The van der Waals surface area contributed by atoms with Crippen molar-refractivity contribution in [1.82, 2.24) is 4.90 Å². The molecule has 0 aliphatic rings. The van der Waals surface area contributed by atoms with Crippen molar-refractivity contribution >= 4 is 0 Å². The van der Waals surface area contributed by atoms with Crippen LogP contribution in [0, 0.1) is 0 Å². The van der Waals surface area contributed by atoms with E-state index in [-0.39, 0.29) is 5.54 Å². The Balaban J connectivity index is 4.06. The number of hydrogen-bond acceptors (Lipinski definition) is 4. The van der Waals surface area contributed by atoms with Crippen LogP contribution in [0.2, 0.25) is 0 Å². The quantitative estimate of drug-likeness (QED) is 0.613. The summed E-state index contributed by atoms with van der Waals surface area (Å²) in [5.74, 6) is 0. The van der Waals surface area contributed by atoms with Gasteiger partial charge in [-0.05, 0) is 13.3 Å². The summed E-state index contributed by atoms with van der Waals surface area (Å²) in [4.78, 5) is 2.31. The number of ether oxygens (including phenoxy) is 2. The molecular weight excluding hydrogens is 204 g/mol. The van der Waals surface area contributed by atoms with Gasteiger partial charge in [0, 0.05) is 39.4 Å². The molecule has 0 aliphatic carbocycles. The molecule has 0 aromatic heterocycles. The van der Waals surface area contributed by atoms with E-state index >= 15 is 0 Å². The third-order valence-electron chi connectivity index (χ3n) is 2.63. The maximum absolute atomic E-state index is 6.25. The van der Waals surface area contributed by atoms with Crippen molar-refractivity contribution in [2.75, 3.05) is 47.1 Å². The van der Waals surface area contributed by atoms with Crippen LogP contribution in [-0.2, 0) is 9.47 Å². The highest BCUT2D eigenvalue weighted by atomic mass is 16.5. The first kappa shape index (κ1) is 15.8. The van der Waals surface area contributed by atoms with E-state index in [9.17, 15) is 0 Å². The van der Waals surface area contributed by atoms with E-state index < -0.39 is 0 Å². The van der Waals surface area contributed by atoms with Gasteiger partial charge in [-0.15, -0.1) is 0 Å². The second-order valence-electron chi connectivity index (χ2n) is 4.67. The van der Waals surface area contributed by atoms with Gasteiger partial charge in [-0.3, -0.25) is 4.90 Å². The lowest BCUT2D eigenvalue weighted by Crippen LogP contribution is -2.49. The molecule has 0 radical (unpaired) electrons. The molecule has 4 heteroatoms. The van der Waals surface area contributed by atoms with Crippen molar-refractivity contribution in [3.8, 4) is 0 Å². The van der Waals surface area contributed by atoms with Crippen LogP contribution < -0.4 is 5.73 Å². The van der Waals surface area contributed by atoms with E-state index in [1.807, 2.05) is 0 Å². The molecule has 0 saturated carbocycles. The predicted molar refractivity (Wildman–Crippen MR) is 67.7 cm³/mol. The Labute approximate surface area is 100 Å². The molecule has 1 unspecified atom stereocenters. The molecule has 0 amide bonds. The van der Waals surface area contributed by atoms with Gasteiger partial charge in [-0.25, -0.2) is 0 Å². The summed E-state index contributed by atoms with van der Waals surface area (Å²) in [5.41, 5.74) is 6.13. The second kappa shape index (κ2) is 8.93. The van der Waals surface area contributed by atoms with E-state index in [0.29, 0.717) is 0 Å². The third kappa shape index (κ3) is 8.05. The molecule has 0 bridgehead atoms. The van der Waals surface area contributed by atoms with E-state index in [1.54, 1.807) is 14.2 Å². The summed E-state index contributed by atoms with van der Waals surface area (Å²) in [6, 6.07) is 0. The Kier molecular flexibility index (Phi) is 8.84. The SMILES string of the molecule is CCCC(C)(N)CN(CCOC)CCOC. The summed E-state index contributed by atoms with van der Waals surface area (Å²) >= 11 is 0. The summed E-state index contributed by atoms with van der Waals surface area (Å²) in [7, 11) is 3.45. The first-order chi connectivity index (χ1) is 7.55. The highest BCUT2D eigenvalue weighted by Crippen LogP contribution is 2.10. The highest BCUT2D eigenvalue weighted by Gasteiger charge is 2.20. The molecule has 1 atom stereocenters. The van der Waals surface area contributed by atoms with Crippen LogP contribution in [0.4, 0.5) is 0 Å². The molecule has 0 saturated heterocycles. The van der Waals surface area contributed by atoms with Crippen molar-refractivity contribution in [3.05, 3.63) is 0 Å². The minimum absolute atomic E-state index is 0.115. The van der Waals surface area contributed by atoms with Gasteiger partial charge in [-0.1, -0.05) is 13.3 Å². The zero-order chi connectivity index (χ0) is 12.4. The molecule has 0 heterocycles. The topological polar surface area (TPSA) is 47.7 Å². The largest absolute Gasteiger partial charge is 0.383 e. The fourth-order valence-electron chi connectivity index (χ4n) is 1.87. The Morgan fingerprint density at radius 1 is 1.12 bits per heavy atom. The Morgan fingerprint density at radius 3 is 2.00 bits per heavy atom. The summed E-state index contributed by atoms with van der Waals surface area (Å²) in [5, 5.41) is 0. The van der Waals surface area contributed by atoms with Crippen LogP contribution in [0.5, 0.6) is 0 Å². The molecule has 0 rings (SSSR count). The van der Waals surface area contributed by atoms with Crippen LogP contribution in [0.1, 0.15) is 26.7 Å². The van der Waals surface area contributed by atoms with Crippen LogP contribution in [-0.4, -0.2) is 57.5 Å².